The van der Waals surface area contributed by atoms with E-state index in [0.717, 1.165) is 25.1 Å². The fourth-order valence-corrected chi connectivity index (χ4v) is 1.96. The summed E-state index contributed by atoms with van der Waals surface area (Å²) in [4.78, 5) is 13.4. The molecule has 1 atom stereocenters. The van der Waals surface area contributed by atoms with Crippen LogP contribution in [0.15, 0.2) is 18.2 Å². The maximum absolute atomic E-state index is 13.1. The summed E-state index contributed by atoms with van der Waals surface area (Å²) in [5.74, 6) is -1.99. The number of carbonyl (C=O) groups excluding carboxylic acids is 1. The second-order valence-corrected chi connectivity index (χ2v) is 4.19. The van der Waals surface area contributed by atoms with Crippen LogP contribution in [0.3, 0.4) is 0 Å². The number of nitrogens with zero attached hydrogens (tertiary/aromatic N) is 1. The number of benzene rings is 1. The number of carbonyl (C=O) groups is 1. The molecule has 0 aliphatic carbocycles. The van der Waals surface area contributed by atoms with Crippen molar-refractivity contribution in [3.8, 4) is 0 Å². The highest BCUT2D eigenvalue weighted by Crippen LogP contribution is 2.20. The first-order chi connectivity index (χ1) is 8.09. The van der Waals surface area contributed by atoms with Crippen LogP contribution < -0.4 is 10.2 Å². The van der Waals surface area contributed by atoms with Gasteiger partial charge in [-0.2, -0.15) is 0 Å². The predicted molar refractivity (Wildman–Crippen MR) is 60.7 cm³/mol. The van der Waals surface area contributed by atoms with Crippen LogP contribution in [0.5, 0.6) is 0 Å². The van der Waals surface area contributed by atoms with Gasteiger partial charge in [0, 0.05) is 25.3 Å². The summed E-state index contributed by atoms with van der Waals surface area (Å²) in [6, 6.07) is 3.47. The summed E-state index contributed by atoms with van der Waals surface area (Å²) >= 11 is 0. The lowest BCUT2D eigenvalue weighted by Gasteiger charge is -2.20. The second kappa shape index (κ2) is 4.79. The molecule has 1 aromatic rings. The topological polar surface area (TPSA) is 32.3 Å². The molecule has 1 N–H and O–H groups in total. The Kier molecular flexibility index (Phi) is 3.38. The van der Waals surface area contributed by atoms with Crippen molar-refractivity contribution in [2.45, 2.75) is 6.42 Å². The molecule has 5 heteroatoms. The Bertz CT molecular complexity index is 431. The van der Waals surface area contributed by atoms with Gasteiger partial charge in [0.25, 0.3) is 0 Å². The van der Waals surface area contributed by atoms with Gasteiger partial charge >= 0.3 is 0 Å². The molecule has 2 rings (SSSR count). The van der Waals surface area contributed by atoms with Crippen LogP contribution in [0.25, 0.3) is 0 Å². The zero-order chi connectivity index (χ0) is 12.4. The number of halogens is 2. The largest absolute Gasteiger partial charge is 0.316 e. The number of hydrogen-bond acceptors (Lipinski definition) is 2. The third kappa shape index (κ3) is 2.44. The quantitative estimate of drug-likeness (QED) is 0.850. The van der Waals surface area contributed by atoms with Gasteiger partial charge in [-0.05, 0) is 25.1 Å². The van der Waals surface area contributed by atoms with Crippen molar-refractivity contribution in [1.29, 1.82) is 0 Å². The predicted octanol–water partition coefficient (Wildman–Crippen LogP) is 1.54. The molecule has 1 amide bonds. The van der Waals surface area contributed by atoms with Gasteiger partial charge in [0.05, 0.1) is 5.92 Å². The Hall–Kier alpha value is -1.49. The van der Waals surface area contributed by atoms with Gasteiger partial charge in [-0.25, -0.2) is 8.78 Å². The Morgan fingerprint density at radius 3 is 2.76 bits per heavy atom. The highest BCUT2D eigenvalue weighted by Gasteiger charge is 2.26. The normalized spacial score (nSPS) is 19.4. The number of hydrogen-bond donors (Lipinski definition) is 1. The van der Waals surface area contributed by atoms with E-state index in [2.05, 4.69) is 5.32 Å². The molecule has 0 radical (unpaired) electrons. The van der Waals surface area contributed by atoms with Gasteiger partial charge in [-0.1, -0.05) is 0 Å². The van der Waals surface area contributed by atoms with Gasteiger partial charge < -0.3 is 10.2 Å². The lowest BCUT2D eigenvalue weighted by atomic mass is 10.1. The first-order valence-corrected chi connectivity index (χ1v) is 5.53. The van der Waals surface area contributed by atoms with E-state index in [1.807, 2.05) is 0 Å². The van der Waals surface area contributed by atoms with Gasteiger partial charge in [-0.3, -0.25) is 4.79 Å². The van der Waals surface area contributed by atoms with Crippen LogP contribution >= 0.6 is 0 Å². The maximum atomic E-state index is 13.1. The smallest absolute Gasteiger partial charge is 0.231 e. The molecule has 1 unspecified atom stereocenters. The van der Waals surface area contributed by atoms with Crippen molar-refractivity contribution in [3.63, 3.8) is 0 Å². The summed E-state index contributed by atoms with van der Waals surface area (Å²) < 4.78 is 25.8. The van der Waals surface area contributed by atoms with Crippen molar-refractivity contribution in [2.75, 3.05) is 25.0 Å². The zero-order valence-corrected chi connectivity index (χ0v) is 9.54. The number of anilines is 1. The van der Waals surface area contributed by atoms with E-state index in [0.29, 0.717) is 12.2 Å². The highest BCUT2D eigenvalue weighted by molar-refractivity contribution is 5.94. The molecular formula is C12H14F2N2O. The third-order valence-electron chi connectivity index (χ3n) is 3.03. The van der Waals surface area contributed by atoms with E-state index in [-0.39, 0.29) is 11.8 Å². The van der Waals surface area contributed by atoms with Crippen LogP contribution in [-0.4, -0.2) is 26.0 Å². The summed E-state index contributed by atoms with van der Waals surface area (Å²) in [5.41, 5.74) is 0.376. The molecule has 1 saturated heterocycles. The van der Waals surface area contributed by atoms with Crippen molar-refractivity contribution in [2.24, 2.45) is 5.92 Å². The van der Waals surface area contributed by atoms with Crippen LogP contribution in [0, 0.1) is 17.6 Å². The molecule has 0 spiro atoms. The molecule has 0 aromatic heterocycles. The first-order valence-electron chi connectivity index (χ1n) is 5.53. The number of nitrogens with one attached hydrogen (secondary N) is 1. The molecular weight excluding hydrogens is 226 g/mol. The second-order valence-electron chi connectivity index (χ2n) is 4.19. The summed E-state index contributed by atoms with van der Waals surface area (Å²) in [6.07, 6.45) is 0.785. The molecule has 0 saturated carbocycles. The Labute approximate surface area is 98.4 Å². The minimum Gasteiger partial charge on any atom is -0.316 e. The molecule has 17 heavy (non-hydrogen) atoms. The van der Waals surface area contributed by atoms with E-state index in [1.165, 1.54) is 11.0 Å². The minimum atomic E-state index is -0.938. The van der Waals surface area contributed by atoms with Gasteiger partial charge in [-0.15, -0.1) is 0 Å². The van der Waals surface area contributed by atoms with Crippen LogP contribution in [-0.2, 0) is 4.79 Å². The minimum absolute atomic E-state index is 0.0685. The third-order valence-corrected chi connectivity index (χ3v) is 3.03. The monoisotopic (exact) mass is 240 g/mol. The maximum Gasteiger partial charge on any atom is 0.231 e. The molecule has 1 aliphatic rings. The van der Waals surface area contributed by atoms with Crippen molar-refractivity contribution >= 4 is 11.6 Å². The molecule has 1 aromatic carbocycles. The van der Waals surface area contributed by atoms with E-state index < -0.39 is 11.6 Å². The average molecular weight is 240 g/mol. The van der Waals surface area contributed by atoms with Crippen LogP contribution in [0.1, 0.15) is 6.42 Å². The van der Waals surface area contributed by atoms with E-state index in [9.17, 15) is 13.6 Å². The standard InChI is InChI=1S/C12H14F2N2O/c1-16(12(17)8-4-5-15-7-8)9-2-3-10(13)11(14)6-9/h2-3,6,8,15H,4-5,7H2,1H3. The summed E-state index contributed by atoms with van der Waals surface area (Å²) in [7, 11) is 1.58. The average Bonchev–Trinajstić information content (AvgIpc) is 2.84. The Balaban J connectivity index is 2.15. The van der Waals surface area contributed by atoms with Gasteiger partial charge in [0.2, 0.25) is 5.91 Å². The molecule has 1 aliphatic heterocycles. The molecule has 1 heterocycles. The Morgan fingerprint density at radius 1 is 1.41 bits per heavy atom. The lowest BCUT2D eigenvalue weighted by Crippen LogP contribution is -2.34. The van der Waals surface area contributed by atoms with Crippen LogP contribution in [0.4, 0.5) is 14.5 Å². The van der Waals surface area contributed by atoms with E-state index in [1.54, 1.807) is 7.05 Å². The highest BCUT2D eigenvalue weighted by atomic mass is 19.2. The van der Waals surface area contributed by atoms with Crippen molar-refractivity contribution < 1.29 is 13.6 Å². The zero-order valence-electron chi connectivity index (χ0n) is 9.54. The fourth-order valence-electron chi connectivity index (χ4n) is 1.96. The Morgan fingerprint density at radius 2 is 2.18 bits per heavy atom. The molecule has 1 fully saturated rings. The molecule has 92 valence electrons. The summed E-state index contributed by atoms with van der Waals surface area (Å²) in [5, 5.41) is 3.10. The molecule has 0 bridgehead atoms. The van der Waals surface area contributed by atoms with E-state index >= 15 is 0 Å². The fraction of sp³-hybridized carbons (Fsp3) is 0.417. The van der Waals surface area contributed by atoms with Gasteiger partial charge in [0.1, 0.15) is 0 Å². The number of amides is 1. The van der Waals surface area contributed by atoms with Gasteiger partial charge in [0.15, 0.2) is 11.6 Å². The number of rotatable bonds is 2. The first kappa shape index (κ1) is 12.0. The van der Waals surface area contributed by atoms with Crippen molar-refractivity contribution in [1.82, 2.24) is 5.32 Å². The van der Waals surface area contributed by atoms with Crippen LogP contribution in [0.2, 0.25) is 0 Å². The van der Waals surface area contributed by atoms with E-state index in [4.69, 9.17) is 0 Å². The lowest BCUT2D eigenvalue weighted by molar-refractivity contribution is -0.121. The summed E-state index contributed by atoms with van der Waals surface area (Å²) in [6.45, 7) is 1.47. The molecule has 3 nitrogen and oxygen atoms in total. The van der Waals surface area contributed by atoms with Crippen molar-refractivity contribution in [3.05, 3.63) is 29.8 Å². The SMILES string of the molecule is CN(C(=O)C1CCNC1)c1ccc(F)c(F)c1.